The van der Waals surface area contributed by atoms with E-state index in [4.69, 9.17) is 0 Å². The first-order valence-electron chi connectivity index (χ1n) is 8.87. The number of carbonyl (C=O) groups is 1. The fourth-order valence-corrected chi connectivity index (χ4v) is 4.14. The van der Waals surface area contributed by atoms with Crippen molar-refractivity contribution in [1.82, 2.24) is 9.62 Å². The molecule has 0 fully saturated rings. The van der Waals surface area contributed by atoms with Gasteiger partial charge in [0.05, 0.1) is 4.90 Å². The molecule has 0 bridgehead atoms. The van der Waals surface area contributed by atoms with Gasteiger partial charge in [-0.2, -0.15) is 4.31 Å². The number of sulfonamides is 1. The van der Waals surface area contributed by atoms with E-state index < -0.39 is 10.0 Å². The van der Waals surface area contributed by atoms with Crippen molar-refractivity contribution in [3.8, 4) is 0 Å². The lowest BCUT2D eigenvalue weighted by Gasteiger charge is -2.18. The summed E-state index contributed by atoms with van der Waals surface area (Å²) in [5, 5.41) is 2.87. The van der Waals surface area contributed by atoms with Gasteiger partial charge in [0.2, 0.25) is 15.9 Å². The molecule has 2 aromatic rings. The van der Waals surface area contributed by atoms with Crippen LogP contribution in [0.3, 0.4) is 0 Å². The van der Waals surface area contributed by atoms with Crippen LogP contribution in [0.1, 0.15) is 31.4 Å². The van der Waals surface area contributed by atoms with E-state index in [-0.39, 0.29) is 10.8 Å². The van der Waals surface area contributed by atoms with E-state index in [0.29, 0.717) is 32.5 Å². The van der Waals surface area contributed by atoms with Crippen LogP contribution in [0.4, 0.5) is 0 Å². The lowest BCUT2D eigenvalue weighted by atomic mass is 10.1. The zero-order valence-corrected chi connectivity index (χ0v) is 16.1. The first-order chi connectivity index (χ1) is 12.5. The SMILES string of the molecule is CCN(CC)S(=O)(=O)c1ccc(CNC(=O)CCc2ccccc2)cc1. The molecular formula is C20H26N2O3S. The number of carbonyl (C=O) groups excluding carboxylic acids is 1. The van der Waals surface area contributed by atoms with Crippen molar-refractivity contribution < 1.29 is 13.2 Å². The van der Waals surface area contributed by atoms with Crippen molar-refractivity contribution in [2.24, 2.45) is 0 Å². The minimum atomic E-state index is -3.44. The van der Waals surface area contributed by atoms with Gasteiger partial charge in [-0.15, -0.1) is 0 Å². The summed E-state index contributed by atoms with van der Waals surface area (Å²) in [4.78, 5) is 12.2. The normalized spacial score (nSPS) is 11.5. The Labute approximate surface area is 156 Å². The van der Waals surface area contributed by atoms with Crippen molar-refractivity contribution >= 4 is 15.9 Å². The molecule has 0 heterocycles. The average molecular weight is 375 g/mol. The second kappa shape index (κ2) is 9.50. The van der Waals surface area contributed by atoms with Gasteiger partial charge in [0.15, 0.2) is 0 Å². The number of hydrogen-bond acceptors (Lipinski definition) is 3. The molecule has 0 radical (unpaired) electrons. The third-order valence-corrected chi connectivity index (χ3v) is 6.30. The maximum absolute atomic E-state index is 12.4. The Morgan fingerprint density at radius 2 is 1.54 bits per heavy atom. The predicted octanol–water partition coefficient (Wildman–Crippen LogP) is 2.97. The van der Waals surface area contributed by atoms with E-state index >= 15 is 0 Å². The van der Waals surface area contributed by atoms with E-state index in [2.05, 4.69) is 5.32 Å². The summed E-state index contributed by atoms with van der Waals surface area (Å²) in [5.74, 6) is -0.0197. The summed E-state index contributed by atoms with van der Waals surface area (Å²) in [5.41, 5.74) is 2.00. The molecule has 6 heteroatoms. The number of hydrogen-bond donors (Lipinski definition) is 1. The molecule has 1 N–H and O–H groups in total. The van der Waals surface area contributed by atoms with E-state index in [1.54, 1.807) is 24.3 Å². The fourth-order valence-electron chi connectivity index (χ4n) is 2.68. The summed E-state index contributed by atoms with van der Waals surface area (Å²) in [6.45, 7) is 4.91. The molecule has 2 aromatic carbocycles. The molecule has 2 rings (SSSR count). The highest BCUT2D eigenvalue weighted by Gasteiger charge is 2.21. The third-order valence-electron chi connectivity index (χ3n) is 4.24. The van der Waals surface area contributed by atoms with E-state index in [1.165, 1.54) is 4.31 Å². The van der Waals surface area contributed by atoms with Gasteiger partial charge in [-0.3, -0.25) is 4.79 Å². The summed E-state index contributed by atoms with van der Waals surface area (Å²) in [6, 6.07) is 16.6. The van der Waals surface area contributed by atoms with E-state index in [1.807, 2.05) is 44.2 Å². The molecule has 0 aromatic heterocycles. The molecule has 0 aliphatic rings. The number of rotatable bonds is 9. The highest BCUT2D eigenvalue weighted by Crippen LogP contribution is 2.16. The molecule has 0 atom stereocenters. The van der Waals surface area contributed by atoms with Crippen LogP contribution >= 0.6 is 0 Å². The second-order valence-electron chi connectivity index (χ2n) is 6.00. The van der Waals surface area contributed by atoms with Crippen molar-refractivity contribution in [1.29, 1.82) is 0 Å². The molecule has 0 saturated heterocycles. The zero-order valence-electron chi connectivity index (χ0n) is 15.3. The van der Waals surface area contributed by atoms with Gasteiger partial charge in [-0.1, -0.05) is 56.3 Å². The molecule has 140 valence electrons. The van der Waals surface area contributed by atoms with Crippen LogP contribution in [0, 0.1) is 0 Å². The van der Waals surface area contributed by atoms with Gasteiger partial charge in [0, 0.05) is 26.1 Å². The van der Waals surface area contributed by atoms with Crippen LogP contribution in [-0.4, -0.2) is 31.7 Å². The predicted molar refractivity (Wildman–Crippen MR) is 103 cm³/mol. The number of aryl methyl sites for hydroxylation is 1. The summed E-state index contributed by atoms with van der Waals surface area (Å²) < 4.78 is 26.3. The summed E-state index contributed by atoms with van der Waals surface area (Å²) in [7, 11) is -3.44. The Hall–Kier alpha value is -2.18. The number of benzene rings is 2. The average Bonchev–Trinajstić information content (AvgIpc) is 2.66. The van der Waals surface area contributed by atoms with E-state index in [9.17, 15) is 13.2 Å². The van der Waals surface area contributed by atoms with Crippen molar-refractivity contribution in [2.45, 2.75) is 38.1 Å². The smallest absolute Gasteiger partial charge is 0.243 e. The summed E-state index contributed by atoms with van der Waals surface area (Å²) in [6.07, 6.45) is 1.13. The van der Waals surface area contributed by atoms with Crippen LogP contribution in [-0.2, 0) is 27.8 Å². The van der Waals surface area contributed by atoms with Gasteiger partial charge in [0.25, 0.3) is 0 Å². The first kappa shape index (κ1) is 20.1. The Balaban J connectivity index is 1.88. The fraction of sp³-hybridized carbons (Fsp3) is 0.350. The number of nitrogens with zero attached hydrogens (tertiary/aromatic N) is 1. The minimum absolute atomic E-state index is 0.0197. The highest BCUT2D eigenvalue weighted by molar-refractivity contribution is 7.89. The van der Waals surface area contributed by atoms with Crippen LogP contribution in [0.5, 0.6) is 0 Å². The maximum Gasteiger partial charge on any atom is 0.243 e. The minimum Gasteiger partial charge on any atom is -0.352 e. The molecule has 0 spiro atoms. The van der Waals surface area contributed by atoms with Crippen molar-refractivity contribution in [2.75, 3.05) is 13.1 Å². The molecule has 1 amide bonds. The Morgan fingerprint density at radius 3 is 2.12 bits per heavy atom. The highest BCUT2D eigenvalue weighted by atomic mass is 32.2. The molecule has 0 aliphatic carbocycles. The molecule has 0 saturated carbocycles. The van der Waals surface area contributed by atoms with Crippen LogP contribution in [0.15, 0.2) is 59.5 Å². The first-order valence-corrected chi connectivity index (χ1v) is 10.3. The standard InChI is InChI=1S/C20H26N2O3S/c1-3-22(4-2)26(24,25)19-13-10-18(11-14-19)16-21-20(23)15-12-17-8-6-5-7-9-17/h5-11,13-14H,3-4,12,15-16H2,1-2H3,(H,21,23). The van der Waals surface area contributed by atoms with Gasteiger partial charge < -0.3 is 5.32 Å². The summed E-state index contributed by atoms with van der Waals surface area (Å²) >= 11 is 0. The monoisotopic (exact) mass is 374 g/mol. The zero-order chi connectivity index (χ0) is 19.0. The van der Waals surface area contributed by atoms with Crippen molar-refractivity contribution in [3.05, 3.63) is 65.7 Å². The van der Waals surface area contributed by atoms with Gasteiger partial charge in [-0.05, 0) is 29.7 Å². The van der Waals surface area contributed by atoms with E-state index in [0.717, 1.165) is 11.1 Å². The molecule has 26 heavy (non-hydrogen) atoms. The van der Waals surface area contributed by atoms with Crippen LogP contribution < -0.4 is 5.32 Å². The quantitative estimate of drug-likeness (QED) is 0.734. The number of nitrogens with one attached hydrogen (secondary N) is 1. The lowest BCUT2D eigenvalue weighted by Crippen LogP contribution is -2.30. The van der Waals surface area contributed by atoms with Crippen LogP contribution in [0.25, 0.3) is 0 Å². The van der Waals surface area contributed by atoms with Gasteiger partial charge in [-0.25, -0.2) is 8.42 Å². The van der Waals surface area contributed by atoms with Crippen LogP contribution in [0.2, 0.25) is 0 Å². The number of amides is 1. The van der Waals surface area contributed by atoms with Gasteiger partial charge >= 0.3 is 0 Å². The maximum atomic E-state index is 12.4. The third kappa shape index (κ3) is 5.41. The molecule has 5 nitrogen and oxygen atoms in total. The molecule has 0 aliphatic heterocycles. The Morgan fingerprint density at radius 1 is 0.923 bits per heavy atom. The van der Waals surface area contributed by atoms with Gasteiger partial charge in [0.1, 0.15) is 0 Å². The lowest BCUT2D eigenvalue weighted by molar-refractivity contribution is -0.121. The molecular weight excluding hydrogens is 348 g/mol. The molecule has 0 unspecified atom stereocenters. The topological polar surface area (TPSA) is 66.5 Å². The second-order valence-corrected chi connectivity index (χ2v) is 7.93. The Bertz CT molecular complexity index is 799. The van der Waals surface area contributed by atoms with Crippen molar-refractivity contribution in [3.63, 3.8) is 0 Å². The largest absolute Gasteiger partial charge is 0.352 e. The Kier molecular flexibility index (Phi) is 7.36.